The molecule has 21 heavy (non-hydrogen) atoms. The first-order valence-electron chi connectivity index (χ1n) is 6.72. The van der Waals surface area contributed by atoms with Gasteiger partial charge in [0.15, 0.2) is 5.96 Å². The minimum Gasteiger partial charge on any atom is -0.352 e. The van der Waals surface area contributed by atoms with Crippen LogP contribution < -0.4 is 10.6 Å². The summed E-state index contributed by atoms with van der Waals surface area (Å²) in [6.45, 7) is 5.86. The molecule has 1 aromatic heterocycles. The molecule has 2 aromatic rings. The van der Waals surface area contributed by atoms with Gasteiger partial charge in [-0.2, -0.15) is 0 Å². The van der Waals surface area contributed by atoms with Crippen LogP contribution in [0.4, 0.5) is 0 Å². The summed E-state index contributed by atoms with van der Waals surface area (Å²) in [4.78, 5) is 5.55. The molecule has 0 spiro atoms. The summed E-state index contributed by atoms with van der Waals surface area (Å²) in [5.41, 5.74) is 3.91. The Labute approximate surface area is 147 Å². The van der Waals surface area contributed by atoms with E-state index in [1.165, 1.54) is 21.6 Å². The van der Waals surface area contributed by atoms with Gasteiger partial charge < -0.3 is 10.6 Å². The van der Waals surface area contributed by atoms with Crippen LogP contribution >= 0.6 is 35.3 Å². The van der Waals surface area contributed by atoms with Gasteiger partial charge in [0.05, 0.1) is 6.54 Å². The third-order valence-electron chi connectivity index (χ3n) is 3.18. The fourth-order valence-corrected chi connectivity index (χ4v) is 2.67. The zero-order chi connectivity index (χ0) is 14.4. The molecule has 2 rings (SSSR count). The lowest BCUT2D eigenvalue weighted by Crippen LogP contribution is -2.36. The Morgan fingerprint density at radius 1 is 1.14 bits per heavy atom. The van der Waals surface area contributed by atoms with E-state index in [0.717, 1.165) is 19.0 Å². The number of hydrogen-bond acceptors (Lipinski definition) is 2. The zero-order valence-corrected chi connectivity index (χ0v) is 15.8. The van der Waals surface area contributed by atoms with E-state index in [4.69, 9.17) is 0 Å². The third kappa shape index (κ3) is 5.67. The van der Waals surface area contributed by atoms with E-state index in [-0.39, 0.29) is 24.0 Å². The minimum absolute atomic E-state index is 0. The maximum absolute atomic E-state index is 4.25. The molecule has 0 radical (unpaired) electrons. The van der Waals surface area contributed by atoms with Gasteiger partial charge in [0.2, 0.25) is 0 Å². The topological polar surface area (TPSA) is 36.4 Å². The predicted molar refractivity (Wildman–Crippen MR) is 103 cm³/mol. The summed E-state index contributed by atoms with van der Waals surface area (Å²) in [5.74, 6) is 0.832. The summed E-state index contributed by atoms with van der Waals surface area (Å²) in [6, 6.07) is 10.7. The molecule has 0 bridgehead atoms. The molecular formula is C16H22IN3S. The first kappa shape index (κ1) is 18.0. The molecule has 0 aliphatic rings. The lowest BCUT2D eigenvalue weighted by molar-refractivity contribution is 0.812. The second-order valence-electron chi connectivity index (χ2n) is 4.79. The van der Waals surface area contributed by atoms with Crippen LogP contribution in [0, 0.1) is 13.8 Å². The van der Waals surface area contributed by atoms with Gasteiger partial charge in [-0.1, -0.05) is 29.8 Å². The molecule has 3 nitrogen and oxygen atoms in total. The molecule has 0 amide bonds. The second-order valence-corrected chi connectivity index (χ2v) is 5.82. The molecule has 0 unspecified atom stereocenters. The number of guanidine groups is 1. The van der Waals surface area contributed by atoms with Crippen molar-refractivity contribution in [2.24, 2.45) is 4.99 Å². The first-order valence-corrected chi connectivity index (χ1v) is 7.60. The van der Waals surface area contributed by atoms with Gasteiger partial charge >= 0.3 is 0 Å². The van der Waals surface area contributed by atoms with Crippen LogP contribution in [-0.2, 0) is 13.1 Å². The second kappa shape index (κ2) is 9.04. The molecule has 5 heteroatoms. The van der Waals surface area contributed by atoms with E-state index in [1.54, 1.807) is 18.4 Å². The number of halogens is 1. The molecule has 0 aliphatic heterocycles. The van der Waals surface area contributed by atoms with Crippen LogP contribution in [0.25, 0.3) is 0 Å². The highest BCUT2D eigenvalue weighted by Crippen LogP contribution is 2.10. The Kier molecular flexibility index (Phi) is 7.74. The number of thiophene rings is 1. The summed E-state index contributed by atoms with van der Waals surface area (Å²) in [6.07, 6.45) is 0. The molecule has 114 valence electrons. The van der Waals surface area contributed by atoms with Crippen molar-refractivity contribution in [2.75, 3.05) is 7.05 Å². The maximum Gasteiger partial charge on any atom is 0.191 e. The number of rotatable bonds is 4. The Hall–Kier alpha value is -1.08. The highest BCUT2D eigenvalue weighted by molar-refractivity contribution is 14.0. The van der Waals surface area contributed by atoms with Crippen molar-refractivity contribution < 1.29 is 0 Å². The van der Waals surface area contributed by atoms with Crippen LogP contribution in [0.1, 0.15) is 21.6 Å². The van der Waals surface area contributed by atoms with E-state index in [1.807, 2.05) is 0 Å². The summed E-state index contributed by atoms with van der Waals surface area (Å²) < 4.78 is 0. The Balaban J connectivity index is 0.00000220. The molecule has 1 aromatic carbocycles. The van der Waals surface area contributed by atoms with Crippen LogP contribution in [0.2, 0.25) is 0 Å². The lowest BCUT2D eigenvalue weighted by atomic mass is 10.1. The van der Waals surface area contributed by atoms with E-state index >= 15 is 0 Å². The van der Waals surface area contributed by atoms with Gasteiger partial charge in [0.1, 0.15) is 0 Å². The minimum atomic E-state index is 0. The van der Waals surface area contributed by atoms with Crippen molar-refractivity contribution >= 4 is 41.3 Å². The standard InChI is InChI=1S/C16H21N3S.HI/c1-12-6-7-14(13(2)9-12)10-18-16(17-3)19-11-15-5-4-8-20-15;/h4-9H,10-11H2,1-3H3,(H2,17,18,19);1H. The van der Waals surface area contributed by atoms with Gasteiger partial charge in [-0.15, -0.1) is 35.3 Å². The fraction of sp³-hybridized carbons (Fsp3) is 0.312. The monoisotopic (exact) mass is 415 g/mol. The van der Waals surface area contributed by atoms with E-state index < -0.39 is 0 Å². The third-order valence-corrected chi connectivity index (χ3v) is 4.05. The Bertz CT molecular complexity index is 579. The summed E-state index contributed by atoms with van der Waals surface area (Å²) in [5, 5.41) is 8.76. The van der Waals surface area contributed by atoms with Gasteiger partial charge in [0, 0.05) is 18.5 Å². The number of nitrogens with one attached hydrogen (secondary N) is 2. The van der Waals surface area contributed by atoms with Crippen LogP contribution in [-0.4, -0.2) is 13.0 Å². The van der Waals surface area contributed by atoms with E-state index in [0.29, 0.717) is 0 Å². The molecule has 1 heterocycles. The van der Waals surface area contributed by atoms with Crippen molar-refractivity contribution in [1.82, 2.24) is 10.6 Å². The SMILES string of the molecule is CN=C(NCc1cccs1)NCc1ccc(C)cc1C.I. The average Bonchev–Trinajstić information content (AvgIpc) is 2.94. The fourth-order valence-electron chi connectivity index (χ4n) is 2.03. The van der Waals surface area contributed by atoms with Crippen LogP contribution in [0.3, 0.4) is 0 Å². The number of nitrogens with zero attached hydrogens (tertiary/aromatic N) is 1. The van der Waals surface area contributed by atoms with Crippen LogP contribution in [0.5, 0.6) is 0 Å². The maximum atomic E-state index is 4.25. The van der Waals surface area contributed by atoms with Crippen molar-refractivity contribution in [3.63, 3.8) is 0 Å². The number of aliphatic imine (C=N–C) groups is 1. The highest BCUT2D eigenvalue weighted by Gasteiger charge is 2.02. The number of hydrogen-bond donors (Lipinski definition) is 2. The number of benzene rings is 1. The lowest BCUT2D eigenvalue weighted by Gasteiger charge is -2.13. The highest BCUT2D eigenvalue weighted by atomic mass is 127. The molecule has 2 N–H and O–H groups in total. The molecule has 0 saturated heterocycles. The zero-order valence-electron chi connectivity index (χ0n) is 12.6. The molecule has 0 atom stereocenters. The van der Waals surface area contributed by atoms with Crippen molar-refractivity contribution in [1.29, 1.82) is 0 Å². The normalized spacial score (nSPS) is 10.9. The van der Waals surface area contributed by atoms with Gasteiger partial charge in [-0.25, -0.2) is 0 Å². The molecule has 0 fully saturated rings. The molecule has 0 aliphatic carbocycles. The average molecular weight is 415 g/mol. The van der Waals surface area contributed by atoms with Crippen molar-refractivity contribution in [2.45, 2.75) is 26.9 Å². The smallest absolute Gasteiger partial charge is 0.191 e. The quantitative estimate of drug-likeness (QED) is 0.452. The Morgan fingerprint density at radius 2 is 1.90 bits per heavy atom. The predicted octanol–water partition coefficient (Wildman–Crippen LogP) is 3.85. The Morgan fingerprint density at radius 3 is 2.52 bits per heavy atom. The molecular weight excluding hydrogens is 393 g/mol. The number of aryl methyl sites for hydroxylation is 2. The summed E-state index contributed by atoms with van der Waals surface area (Å²) >= 11 is 1.75. The van der Waals surface area contributed by atoms with E-state index in [2.05, 4.69) is 65.2 Å². The largest absolute Gasteiger partial charge is 0.352 e. The summed E-state index contributed by atoms with van der Waals surface area (Å²) in [7, 11) is 1.80. The first-order chi connectivity index (χ1) is 9.69. The van der Waals surface area contributed by atoms with Gasteiger partial charge in [0.25, 0.3) is 0 Å². The van der Waals surface area contributed by atoms with Crippen LogP contribution in [0.15, 0.2) is 40.7 Å². The van der Waals surface area contributed by atoms with Gasteiger partial charge in [-0.05, 0) is 36.4 Å². The van der Waals surface area contributed by atoms with Crippen molar-refractivity contribution in [3.8, 4) is 0 Å². The van der Waals surface area contributed by atoms with Crippen molar-refractivity contribution in [3.05, 3.63) is 57.3 Å². The van der Waals surface area contributed by atoms with Gasteiger partial charge in [-0.3, -0.25) is 4.99 Å². The molecule has 0 saturated carbocycles. The van der Waals surface area contributed by atoms with E-state index in [9.17, 15) is 0 Å².